The third-order valence-electron chi connectivity index (χ3n) is 3.52. The molecule has 2 aliphatic heterocycles. The van der Waals surface area contributed by atoms with Gasteiger partial charge in [0.1, 0.15) is 0 Å². The normalized spacial score (nSPS) is 44.2. The van der Waals surface area contributed by atoms with Crippen LogP contribution in [-0.2, 0) is 9.47 Å². The number of rotatable bonds is 1. The minimum absolute atomic E-state index is 0.157. The Morgan fingerprint density at radius 1 is 1.20 bits per heavy atom. The van der Waals surface area contributed by atoms with Gasteiger partial charge in [-0.2, -0.15) is 0 Å². The van der Waals surface area contributed by atoms with Crippen LogP contribution in [0.15, 0.2) is 0 Å². The van der Waals surface area contributed by atoms with Gasteiger partial charge in [0.25, 0.3) is 0 Å². The van der Waals surface area contributed by atoms with Gasteiger partial charge in [0, 0.05) is 25.0 Å². The molecule has 0 bridgehead atoms. The van der Waals surface area contributed by atoms with E-state index in [0.29, 0.717) is 6.04 Å². The Bertz CT molecular complexity index is 206. The van der Waals surface area contributed by atoms with Crippen molar-refractivity contribution in [3.63, 3.8) is 0 Å². The highest BCUT2D eigenvalue weighted by Crippen LogP contribution is 2.28. The molecule has 0 aromatic rings. The lowest BCUT2D eigenvalue weighted by Crippen LogP contribution is -2.53. The van der Waals surface area contributed by atoms with Gasteiger partial charge in [0.2, 0.25) is 0 Å². The van der Waals surface area contributed by atoms with Crippen molar-refractivity contribution in [2.24, 2.45) is 5.92 Å². The van der Waals surface area contributed by atoms with Crippen LogP contribution in [0.5, 0.6) is 0 Å². The number of hydrogen-bond acceptors (Lipinski definition) is 4. The highest BCUT2D eigenvalue weighted by molar-refractivity contribution is 4.85. The number of aliphatic hydroxyl groups excluding tert-OH is 1. The average molecular weight is 215 g/mol. The minimum Gasteiger partial charge on any atom is -0.379 e. The maximum absolute atomic E-state index is 9.77. The average Bonchev–Trinajstić information content (AvgIpc) is 2.24. The summed E-state index contributed by atoms with van der Waals surface area (Å²) >= 11 is 0. The minimum atomic E-state index is -0.610. The molecular weight excluding hydrogens is 194 g/mol. The molecule has 4 unspecified atom stereocenters. The summed E-state index contributed by atoms with van der Waals surface area (Å²) in [5.74, 6) is 0.194. The molecule has 4 nitrogen and oxygen atoms in total. The topological polar surface area (TPSA) is 41.9 Å². The Hall–Kier alpha value is -0.160. The molecule has 0 saturated carbocycles. The lowest BCUT2D eigenvalue weighted by Gasteiger charge is -2.44. The quantitative estimate of drug-likeness (QED) is 0.689. The molecule has 2 aliphatic rings. The van der Waals surface area contributed by atoms with Crippen LogP contribution in [0.1, 0.15) is 20.3 Å². The Kier molecular flexibility index (Phi) is 3.61. The summed E-state index contributed by atoms with van der Waals surface area (Å²) in [7, 11) is 0. The predicted molar refractivity (Wildman–Crippen MR) is 56.5 cm³/mol. The van der Waals surface area contributed by atoms with E-state index in [1.54, 1.807) is 0 Å². The van der Waals surface area contributed by atoms with Crippen LogP contribution in [0.2, 0.25) is 0 Å². The monoisotopic (exact) mass is 215 g/mol. The van der Waals surface area contributed by atoms with Crippen molar-refractivity contribution >= 4 is 0 Å². The predicted octanol–water partition coefficient (Wildman–Crippen LogP) is 0.450. The van der Waals surface area contributed by atoms with E-state index in [-0.39, 0.29) is 12.0 Å². The summed E-state index contributed by atoms with van der Waals surface area (Å²) in [6.07, 6.45) is 0.559. The third kappa shape index (κ3) is 2.50. The molecule has 0 aliphatic carbocycles. The maximum Gasteiger partial charge on any atom is 0.158 e. The van der Waals surface area contributed by atoms with Gasteiger partial charge in [-0.1, -0.05) is 6.92 Å². The Morgan fingerprint density at radius 2 is 1.87 bits per heavy atom. The molecule has 0 aromatic carbocycles. The maximum atomic E-state index is 9.77. The van der Waals surface area contributed by atoms with Gasteiger partial charge in [-0.05, 0) is 13.3 Å². The summed E-state index contributed by atoms with van der Waals surface area (Å²) in [5, 5.41) is 9.77. The molecule has 2 saturated heterocycles. The second-order valence-corrected chi connectivity index (χ2v) is 4.65. The van der Waals surface area contributed by atoms with Crippen molar-refractivity contribution in [1.82, 2.24) is 4.90 Å². The fraction of sp³-hybridized carbons (Fsp3) is 1.00. The van der Waals surface area contributed by atoms with Crippen molar-refractivity contribution in [2.75, 3.05) is 26.3 Å². The summed E-state index contributed by atoms with van der Waals surface area (Å²) in [6, 6.07) is 0.438. The molecule has 4 atom stereocenters. The molecular formula is C11H21NO3. The van der Waals surface area contributed by atoms with Gasteiger partial charge in [0.15, 0.2) is 6.29 Å². The molecule has 0 radical (unpaired) electrons. The number of hydrogen-bond donors (Lipinski definition) is 1. The van der Waals surface area contributed by atoms with E-state index in [1.165, 1.54) is 0 Å². The van der Waals surface area contributed by atoms with Crippen molar-refractivity contribution in [1.29, 1.82) is 0 Å². The van der Waals surface area contributed by atoms with E-state index in [2.05, 4.69) is 11.8 Å². The standard InChI is InChI=1S/C11H21NO3/c1-8-7-10(9(2)11(13)15-8)12-3-5-14-6-4-12/h8-11,13H,3-7H2,1-2H3. The fourth-order valence-corrected chi connectivity index (χ4v) is 2.55. The second-order valence-electron chi connectivity index (χ2n) is 4.65. The molecule has 88 valence electrons. The van der Waals surface area contributed by atoms with Crippen molar-refractivity contribution in [3.8, 4) is 0 Å². The first-order chi connectivity index (χ1) is 7.18. The molecule has 15 heavy (non-hydrogen) atoms. The zero-order valence-corrected chi connectivity index (χ0v) is 9.56. The third-order valence-corrected chi connectivity index (χ3v) is 3.52. The zero-order chi connectivity index (χ0) is 10.8. The van der Waals surface area contributed by atoms with E-state index < -0.39 is 6.29 Å². The summed E-state index contributed by atoms with van der Waals surface area (Å²) < 4.78 is 10.8. The highest BCUT2D eigenvalue weighted by atomic mass is 16.6. The van der Waals surface area contributed by atoms with Gasteiger partial charge in [-0.3, -0.25) is 4.90 Å². The smallest absolute Gasteiger partial charge is 0.158 e. The van der Waals surface area contributed by atoms with Crippen LogP contribution in [0.25, 0.3) is 0 Å². The molecule has 0 aromatic heterocycles. The number of aliphatic hydroxyl groups is 1. The van der Waals surface area contributed by atoms with Gasteiger partial charge in [-0.15, -0.1) is 0 Å². The molecule has 1 N–H and O–H groups in total. The number of ether oxygens (including phenoxy) is 2. The van der Waals surface area contributed by atoms with E-state index in [4.69, 9.17) is 9.47 Å². The van der Waals surface area contributed by atoms with Crippen LogP contribution >= 0.6 is 0 Å². The van der Waals surface area contributed by atoms with Gasteiger partial charge < -0.3 is 14.6 Å². The summed E-state index contributed by atoms with van der Waals surface area (Å²) in [6.45, 7) is 7.69. The summed E-state index contributed by atoms with van der Waals surface area (Å²) in [5.41, 5.74) is 0. The van der Waals surface area contributed by atoms with Crippen LogP contribution < -0.4 is 0 Å². The summed E-state index contributed by atoms with van der Waals surface area (Å²) in [4.78, 5) is 2.43. The van der Waals surface area contributed by atoms with Crippen molar-refractivity contribution in [2.45, 2.75) is 38.7 Å². The first-order valence-corrected chi connectivity index (χ1v) is 5.84. The van der Waals surface area contributed by atoms with Gasteiger partial charge in [-0.25, -0.2) is 0 Å². The lowest BCUT2D eigenvalue weighted by atomic mass is 9.91. The molecule has 0 amide bonds. The van der Waals surface area contributed by atoms with Crippen LogP contribution in [0.4, 0.5) is 0 Å². The van der Waals surface area contributed by atoms with E-state index >= 15 is 0 Å². The Labute approximate surface area is 91.2 Å². The Morgan fingerprint density at radius 3 is 2.53 bits per heavy atom. The first kappa shape index (κ1) is 11.3. The van der Waals surface area contributed by atoms with Crippen LogP contribution in [-0.4, -0.2) is 54.7 Å². The molecule has 0 spiro atoms. The first-order valence-electron chi connectivity index (χ1n) is 5.84. The number of morpholine rings is 1. The van der Waals surface area contributed by atoms with Gasteiger partial charge in [0.05, 0.1) is 19.3 Å². The molecule has 2 heterocycles. The van der Waals surface area contributed by atoms with Crippen molar-refractivity contribution in [3.05, 3.63) is 0 Å². The molecule has 2 fully saturated rings. The van der Waals surface area contributed by atoms with E-state index in [1.807, 2.05) is 6.92 Å². The molecule has 4 heteroatoms. The zero-order valence-electron chi connectivity index (χ0n) is 9.56. The molecule has 2 rings (SSSR count). The number of nitrogens with zero attached hydrogens (tertiary/aromatic N) is 1. The van der Waals surface area contributed by atoms with Crippen LogP contribution in [0.3, 0.4) is 0 Å². The van der Waals surface area contributed by atoms with Crippen LogP contribution in [0, 0.1) is 5.92 Å². The largest absolute Gasteiger partial charge is 0.379 e. The van der Waals surface area contributed by atoms with E-state index in [0.717, 1.165) is 32.7 Å². The lowest BCUT2D eigenvalue weighted by molar-refractivity contribution is -0.209. The Balaban J connectivity index is 1.98. The second kappa shape index (κ2) is 4.78. The van der Waals surface area contributed by atoms with Gasteiger partial charge >= 0.3 is 0 Å². The highest BCUT2D eigenvalue weighted by Gasteiger charge is 2.36. The van der Waals surface area contributed by atoms with E-state index in [9.17, 15) is 5.11 Å². The van der Waals surface area contributed by atoms with Crippen molar-refractivity contribution < 1.29 is 14.6 Å². The fourth-order valence-electron chi connectivity index (χ4n) is 2.55. The SMILES string of the molecule is CC1CC(N2CCOCC2)C(C)C(O)O1.